The van der Waals surface area contributed by atoms with Crippen LogP contribution in [0.1, 0.15) is 32.6 Å². The molecule has 0 spiro atoms. The minimum atomic E-state index is -0.390. The number of carbonyl (C=O) groups is 1. The van der Waals surface area contributed by atoms with Crippen LogP contribution in [0.3, 0.4) is 0 Å². The molecule has 0 aromatic heterocycles. The third kappa shape index (κ3) is 8.64. The van der Waals surface area contributed by atoms with Crippen molar-refractivity contribution in [2.45, 2.75) is 38.6 Å². The summed E-state index contributed by atoms with van der Waals surface area (Å²) in [6.07, 6.45) is 3.51. The molecule has 0 saturated carbocycles. The van der Waals surface area contributed by atoms with Crippen LogP contribution in [0, 0.1) is 0 Å². The molecule has 0 bridgehead atoms. The highest BCUT2D eigenvalue weighted by Crippen LogP contribution is 1.97. The molecule has 0 unspecified atom stereocenters. The van der Waals surface area contributed by atoms with E-state index in [9.17, 15) is 4.79 Å². The van der Waals surface area contributed by atoms with Crippen molar-refractivity contribution in [3.05, 3.63) is 0 Å². The predicted octanol–water partition coefficient (Wildman–Crippen LogP) is 0.0191. The van der Waals surface area contributed by atoms with Crippen molar-refractivity contribution in [2.24, 2.45) is 5.73 Å². The average Bonchev–Trinajstić information content (AvgIpc) is 2.30. The Balaban J connectivity index is 3.35. The van der Waals surface area contributed by atoms with E-state index < -0.39 is 6.04 Å². The summed E-state index contributed by atoms with van der Waals surface area (Å²) in [5.74, 6) is -0.0874. The van der Waals surface area contributed by atoms with Crippen LogP contribution >= 0.6 is 0 Å². The zero-order valence-corrected chi connectivity index (χ0v) is 10.1. The van der Waals surface area contributed by atoms with E-state index in [0.717, 1.165) is 25.7 Å². The first kappa shape index (κ1) is 15.3. The monoisotopic (exact) mass is 232 g/mol. The Bertz CT molecular complexity index is 177. The normalized spacial score (nSPS) is 12.4. The zero-order valence-electron chi connectivity index (χ0n) is 10.1. The van der Waals surface area contributed by atoms with E-state index in [2.05, 4.69) is 12.2 Å². The number of ether oxygens (including phenoxy) is 1. The molecule has 4 N–H and O–H groups in total. The van der Waals surface area contributed by atoms with Crippen molar-refractivity contribution >= 4 is 5.91 Å². The van der Waals surface area contributed by atoms with E-state index in [1.807, 2.05) is 0 Å². The van der Waals surface area contributed by atoms with Gasteiger partial charge in [-0.2, -0.15) is 0 Å². The number of aliphatic hydroxyl groups is 1. The highest BCUT2D eigenvalue weighted by Gasteiger charge is 2.11. The van der Waals surface area contributed by atoms with E-state index in [0.29, 0.717) is 19.8 Å². The molecule has 5 heteroatoms. The van der Waals surface area contributed by atoms with Gasteiger partial charge in [0, 0.05) is 13.2 Å². The molecule has 0 radical (unpaired) electrons. The fraction of sp³-hybridized carbons (Fsp3) is 0.909. The van der Waals surface area contributed by atoms with Crippen molar-refractivity contribution in [3.8, 4) is 0 Å². The van der Waals surface area contributed by atoms with Gasteiger partial charge in [-0.15, -0.1) is 0 Å². The highest BCUT2D eigenvalue weighted by atomic mass is 16.5. The van der Waals surface area contributed by atoms with Gasteiger partial charge < -0.3 is 20.9 Å². The van der Waals surface area contributed by atoms with E-state index >= 15 is 0 Å². The molecule has 0 aliphatic carbocycles. The maximum atomic E-state index is 11.4. The van der Waals surface area contributed by atoms with Crippen LogP contribution in [0.25, 0.3) is 0 Å². The summed E-state index contributed by atoms with van der Waals surface area (Å²) in [4.78, 5) is 11.4. The Kier molecular flexibility index (Phi) is 10.4. The van der Waals surface area contributed by atoms with Crippen LogP contribution in [0.5, 0.6) is 0 Å². The second-order valence-electron chi connectivity index (χ2n) is 3.73. The summed E-state index contributed by atoms with van der Waals surface area (Å²) in [7, 11) is 0. The minimum absolute atomic E-state index is 0.0360. The van der Waals surface area contributed by atoms with E-state index in [1.54, 1.807) is 0 Å². The molecule has 0 aliphatic rings. The van der Waals surface area contributed by atoms with Crippen molar-refractivity contribution in [3.63, 3.8) is 0 Å². The van der Waals surface area contributed by atoms with Gasteiger partial charge in [0.25, 0.3) is 0 Å². The molecule has 0 saturated heterocycles. The molecular formula is C11H24N2O3. The lowest BCUT2D eigenvalue weighted by molar-refractivity contribution is -0.122. The fourth-order valence-corrected chi connectivity index (χ4v) is 1.24. The Morgan fingerprint density at radius 2 is 2.19 bits per heavy atom. The lowest BCUT2D eigenvalue weighted by atomic mass is 10.1. The first-order valence-corrected chi connectivity index (χ1v) is 5.94. The maximum absolute atomic E-state index is 11.4. The van der Waals surface area contributed by atoms with Gasteiger partial charge in [-0.25, -0.2) is 0 Å². The second-order valence-corrected chi connectivity index (χ2v) is 3.73. The van der Waals surface area contributed by atoms with Crippen molar-refractivity contribution in [1.29, 1.82) is 0 Å². The van der Waals surface area contributed by atoms with Gasteiger partial charge in [-0.1, -0.05) is 19.8 Å². The third-order valence-electron chi connectivity index (χ3n) is 2.21. The maximum Gasteiger partial charge on any atom is 0.236 e. The zero-order chi connectivity index (χ0) is 12.2. The summed E-state index contributed by atoms with van der Waals surface area (Å²) >= 11 is 0. The predicted molar refractivity (Wildman–Crippen MR) is 63.0 cm³/mol. The molecule has 0 aromatic rings. The number of rotatable bonds is 10. The number of aliphatic hydroxyl groups excluding tert-OH is 1. The molecule has 0 rings (SSSR count). The lowest BCUT2D eigenvalue weighted by Gasteiger charge is -2.11. The van der Waals surface area contributed by atoms with Crippen molar-refractivity contribution in [1.82, 2.24) is 5.32 Å². The first-order chi connectivity index (χ1) is 7.72. The first-order valence-electron chi connectivity index (χ1n) is 5.94. The Morgan fingerprint density at radius 3 is 2.81 bits per heavy atom. The summed E-state index contributed by atoms with van der Waals surface area (Å²) in [6.45, 7) is 3.58. The Labute approximate surface area is 97.3 Å². The summed E-state index contributed by atoms with van der Waals surface area (Å²) in [6, 6.07) is -0.390. The smallest absolute Gasteiger partial charge is 0.236 e. The van der Waals surface area contributed by atoms with Gasteiger partial charge in [0.2, 0.25) is 5.91 Å². The number of amides is 1. The number of unbranched alkanes of at least 4 members (excludes halogenated alkanes) is 1. The fourth-order valence-electron chi connectivity index (χ4n) is 1.24. The summed E-state index contributed by atoms with van der Waals surface area (Å²) in [5, 5.41) is 11.2. The molecule has 0 aromatic carbocycles. The quantitative estimate of drug-likeness (QED) is 0.464. The van der Waals surface area contributed by atoms with E-state index in [4.69, 9.17) is 15.6 Å². The SMILES string of the molecule is CCCC[C@H](N)C(=O)NCCCOCCO. The largest absolute Gasteiger partial charge is 0.394 e. The van der Waals surface area contributed by atoms with Gasteiger partial charge in [0.05, 0.1) is 19.3 Å². The topological polar surface area (TPSA) is 84.6 Å². The van der Waals surface area contributed by atoms with Crippen molar-refractivity contribution < 1.29 is 14.6 Å². The number of carbonyl (C=O) groups excluding carboxylic acids is 1. The minimum Gasteiger partial charge on any atom is -0.394 e. The molecule has 5 nitrogen and oxygen atoms in total. The van der Waals surface area contributed by atoms with Crippen molar-refractivity contribution in [2.75, 3.05) is 26.4 Å². The van der Waals surface area contributed by atoms with Gasteiger partial charge in [-0.3, -0.25) is 4.79 Å². The molecule has 0 heterocycles. The molecule has 1 atom stereocenters. The standard InChI is InChI=1S/C11H24N2O3/c1-2-3-5-10(12)11(15)13-6-4-8-16-9-7-14/h10,14H,2-9,12H2,1H3,(H,13,15)/t10-/m0/s1. The number of nitrogens with one attached hydrogen (secondary N) is 1. The van der Waals surface area contributed by atoms with Crippen LogP contribution in [0.2, 0.25) is 0 Å². The summed E-state index contributed by atoms with van der Waals surface area (Å²) in [5.41, 5.74) is 5.69. The Morgan fingerprint density at radius 1 is 1.44 bits per heavy atom. The van der Waals surface area contributed by atoms with Crippen LogP contribution in [-0.2, 0) is 9.53 Å². The summed E-state index contributed by atoms with van der Waals surface area (Å²) < 4.78 is 5.06. The average molecular weight is 232 g/mol. The van der Waals surface area contributed by atoms with Gasteiger partial charge >= 0.3 is 0 Å². The van der Waals surface area contributed by atoms with E-state index in [-0.39, 0.29) is 12.5 Å². The molecule has 1 amide bonds. The van der Waals surface area contributed by atoms with Crippen LogP contribution in [-0.4, -0.2) is 43.4 Å². The molecule has 0 fully saturated rings. The number of hydrogen-bond donors (Lipinski definition) is 3. The van der Waals surface area contributed by atoms with Crippen LogP contribution in [0.4, 0.5) is 0 Å². The molecule has 16 heavy (non-hydrogen) atoms. The Hall–Kier alpha value is -0.650. The van der Waals surface area contributed by atoms with Gasteiger partial charge in [0.15, 0.2) is 0 Å². The number of hydrogen-bond acceptors (Lipinski definition) is 4. The second kappa shape index (κ2) is 10.9. The van der Waals surface area contributed by atoms with Crippen LogP contribution in [0.15, 0.2) is 0 Å². The third-order valence-corrected chi connectivity index (χ3v) is 2.21. The van der Waals surface area contributed by atoms with Gasteiger partial charge in [0.1, 0.15) is 0 Å². The van der Waals surface area contributed by atoms with Gasteiger partial charge in [-0.05, 0) is 12.8 Å². The van der Waals surface area contributed by atoms with Crippen LogP contribution < -0.4 is 11.1 Å². The molecular weight excluding hydrogens is 208 g/mol. The molecule has 0 aliphatic heterocycles. The van der Waals surface area contributed by atoms with E-state index in [1.165, 1.54) is 0 Å². The molecule has 96 valence electrons. The lowest BCUT2D eigenvalue weighted by Crippen LogP contribution is -2.41. The highest BCUT2D eigenvalue weighted by molar-refractivity contribution is 5.81. The number of nitrogens with two attached hydrogens (primary N) is 1.